The highest BCUT2D eigenvalue weighted by Gasteiger charge is 2.20. The van der Waals surface area contributed by atoms with E-state index in [0.717, 1.165) is 24.7 Å². The second-order valence-electron chi connectivity index (χ2n) is 5.26. The number of aromatic nitrogens is 2. The maximum Gasteiger partial charge on any atom is 0.226 e. The van der Waals surface area contributed by atoms with Crippen molar-refractivity contribution in [1.29, 1.82) is 0 Å². The molecule has 0 aromatic carbocycles. The Hall–Kier alpha value is -0.940. The van der Waals surface area contributed by atoms with E-state index in [9.17, 15) is 0 Å². The molecular formula is C12H22N4O. The van der Waals surface area contributed by atoms with Gasteiger partial charge in [0, 0.05) is 25.4 Å². The Morgan fingerprint density at radius 2 is 2.41 bits per heavy atom. The number of nitrogens with two attached hydrogens (primary N) is 1. The van der Waals surface area contributed by atoms with Crippen LogP contribution in [-0.2, 0) is 12.8 Å². The molecule has 2 atom stereocenters. The van der Waals surface area contributed by atoms with Crippen molar-refractivity contribution in [2.75, 3.05) is 20.1 Å². The van der Waals surface area contributed by atoms with Crippen molar-refractivity contribution in [1.82, 2.24) is 15.0 Å². The molecule has 0 bridgehead atoms. The van der Waals surface area contributed by atoms with Crippen LogP contribution in [0.4, 0.5) is 0 Å². The molecule has 0 amide bonds. The van der Waals surface area contributed by atoms with Crippen molar-refractivity contribution >= 4 is 0 Å². The van der Waals surface area contributed by atoms with Crippen molar-refractivity contribution in [3.63, 3.8) is 0 Å². The normalized spacial score (nSPS) is 23.8. The van der Waals surface area contributed by atoms with Crippen LogP contribution in [0, 0.1) is 5.92 Å². The summed E-state index contributed by atoms with van der Waals surface area (Å²) in [6, 6.07) is 0.0845. The van der Waals surface area contributed by atoms with Gasteiger partial charge >= 0.3 is 0 Å². The number of rotatable bonds is 4. The minimum Gasteiger partial charge on any atom is -0.339 e. The van der Waals surface area contributed by atoms with Gasteiger partial charge in [0.2, 0.25) is 5.89 Å². The zero-order valence-corrected chi connectivity index (χ0v) is 10.7. The Morgan fingerprint density at radius 3 is 3.12 bits per heavy atom. The molecule has 2 heterocycles. The van der Waals surface area contributed by atoms with Crippen LogP contribution in [0.15, 0.2) is 4.52 Å². The highest BCUT2D eigenvalue weighted by molar-refractivity contribution is 4.91. The van der Waals surface area contributed by atoms with Gasteiger partial charge in [-0.25, -0.2) is 0 Å². The first-order chi connectivity index (χ1) is 8.13. The molecule has 17 heavy (non-hydrogen) atoms. The van der Waals surface area contributed by atoms with Crippen LogP contribution in [0.3, 0.4) is 0 Å². The summed E-state index contributed by atoms with van der Waals surface area (Å²) < 4.78 is 5.27. The van der Waals surface area contributed by atoms with Crippen LogP contribution in [0.1, 0.15) is 31.5 Å². The average Bonchev–Trinajstić information content (AvgIpc) is 2.64. The predicted octanol–water partition coefficient (Wildman–Crippen LogP) is 0.844. The van der Waals surface area contributed by atoms with Crippen LogP contribution < -0.4 is 5.73 Å². The lowest BCUT2D eigenvalue weighted by molar-refractivity contribution is 0.199. The van der Waals surface area contributed by atoms with Crippen LogP contribution in [-0.4, -0.2) is 41.2 Å². The number of hydrogen-bond donors (Lipinski definition) is 1. The van der Waals surface area contributed by atoms with Gasteiger partial charge in [0.15, 0.2) is 5.82 Å². The fraction of sp³-hybridized carbons (Fsp3) is 0.833. The second-order valence-corrected chi connectivity index (χ2v) is 5.26. The third-order valence-corrected chi connectivity index (χ3v) is 3.20. The monoisotopic (exact) mass is 238 g/mol. The molecule has 96 valence electrons. The van der Waals surface area contributed by atoms with E-state index >= 15 is 0 Å². The summed E-state index contributed by atoms with van der Waals surface area (Å²) in [6.07, 6.45) is 4.11. The molecule has 0 spiro atoms. The summed E-state index contributed by atoms with van der Waals surface area (Å²) in [6.45, 7) is 4.29. The van der Waals surface area contributed by atoms with Crippen molar-refractivity contribution in [2.45, 2.75) is 38.6 Å². The molecule has 5 heteroatoms. The molecule has 2 N–H and O–H groups in total. The topological polar surface area (TPSA) is 68.2 Å². The fourth-order valence-electron chi connectivity index (χ4n) is 2.43. The van der Waals surface area contributed by atoms with E-state index < -0.39 is 0 Å². The van der Waals surface area contributed by atoms with E-state index in [1.54, 1.807) is 0 Å². The average molecular weight is 238 g/mol. The molecule has 1 saturated heterocycles. The van der Waals surface area contributed by atoms with Gasteiger partial charge in [0.05, 0.1) is 0 Å². The first-order valence-electron chi connectivity index (χ1n) is 6.39. The number of nitrogens with zero attached hydrogens (tertiary/aromatic N) is 3. The van der Waals surface area contributed by atoms with E-state index in [2.05, 4.69) is 22.1 Å². The molecule has 0 aliphatic carbocycles. The standard InChI is InChI=1S/C12H22N4O/c1-9(13)6-11-14-12(17-15-11)7-10-4-3-5-16(2)8-10/h9-10H,3-8,13H2,1-2H3. The van der Waals surface area contributed by atoms with Gasteiger partial charge < -0.3 is 15.2 Å². The highest BCUT2D eigenvalue weighted by atomic mass is 16.5. The molecule has 2 unspecified atom stereocenters. The Morgan fingerprint density at radius 1 is 1.59 bits per heavy atom. The van der Waals surface area contributed by atoms with Crippen molar-refractivity contribution in [2.24, 2.45) is 11.7 Å². The summed E-state index contributed by atoms with van der Waals surface area (Å²) >= 11 is 0. The van der Waals surface area contributed by atoms with E-state index in [-0.39, 0.29) is 6.04 Å². The van der Waals surface area contributed by atoms with E-state index in [0.29, 0.717) is 12.3 Å². The second kappa shape index (κ2) is 5.60. The SMILES string of the molecule is CC(N)Cc1noc(CC2CCCN(C)C2)n1. The van der Waals surface area contributed by atoms with Crippen molar-refractivity contribution < 1.29 is 4.52 Å². The molecule has 0 saturated carbocycles. The Balaban J connectivity index is 1.87. The zero-order valence-electron chi connectivity index (χ0n) is 10.7. The number of likely N-dealkylation sites (tertiary alicyclic amines) is 1. The Kier molecular flexibility index (Phi) is 4.12. The highest BCUT2D eigenvalue weighted by Crippen LogP contribution is 2.19. The predicted molar refractivity (Wildman–Crippen MR) is 65.6 cm³/mol. The summed E-state index contributed by atoms with van der Waals surface area (Å²) in [5, 5.41) is 3.96. The van der Waals surface area contributed by atoms with Gasteiger partial charge in [-0.1, -0.05) is 5.16 Å². The van der Waals surface area contributed by atoms with Gasteiger partial charge in [-0.3, -0.25) is 0 Å². The molecule has 0 radical (unpaired) electrons. The molecule has 1 fully saturated rings. The van der Waals surface area contributed by atoms with Crippen molar-refractivity contribution in [3.8, 4) is 0 Å². The lowest BCUT2D eigenvalue weighted by atomic mass is 9.95. The van der Waals surface area contributed by atoms with Crippen molar-refractivity contribution in [3.05, 3.63) is 11.7 Å². The Labute approximate surface area is 102 Å². The third kappa shape index (κ3) is 3.78. The van der Waals surface area contributed by atoms with Gasteiger partial charge in [0.25, 0.3) is 0 Å². The molecule has 1 aromatic heterocycles. The Bertz CT molecular complexity index is 350. The minimum atomic E-state index is 0.0845. The van der Waals surface area contributed by atoms with E-state index in [1.165, 1.54) is 19.4 Å². The van der Waals surface area contributed by atoms with E-state index in [4.69, 9.17) is 10.3 Å². The lowest BCUT2D eigenvalue weighted by Crippen LogP contribution is -2.33. The molecule has 2 rings (SSSR count). The maximum absolute atomic E-state index is 5.71. The first kappa shape index (κ1) is 12.5. The van der Waals surface area contributed by atoms with Gasteiger partial charge in [0.1, 0.15) is 0 Å². The molecule has 5 nitrogen and oxygen atoms in total. The van der Waals surface area contributed by atoms with Crippen LogP contribution in [0.25, 0.3) is 0 Å². The van der Waals surface area contributed by atoms with Crippen LogP contribution in [0.2, 0.25) is 0 Å². The molecule has 1 aliphatic heterocycles. The van der Waals surface area contributed by atoms with Crippen LogP contribution in [0.5, 0.6) is 0 Å². The third-order valence-electron chi connectivity index (χ3n) is 3.20. The zero-order chi connectivity index (χ0) is 12.3. The maximum atomic E-state index is 5.71. The van der Waals surface area contributed by atoms with Gasteiger partial charge in [-0.05, 0) is 39.3 Å². The fourth-order valence-corrected chi connectivity index (χ4v) is 2.43. The smallest absolute Gasteiger partial charge is 0.226 e. The first-order valence-corrected chi connectivity index (χ1v) is 6.39. The van der Waals surface area contributed by atoms with Gasteiger partial charge in [-0.2, -0.15) is 4.98 Å². The lowest BCUT2D eigenvalue weighted by Gasteiger charge is -2.28. The largest absolute Gasteiger partial charge is 0.339 e. The summed E-state index contributed by atoms with van der Waals surface area (Å²) in [7, 11) is 2.17. The minimum absolute atomic E-state index is 0.0845. The summed E-state index contributed by atoms with van der Waals surface area (Å²) in [4.78, 5) is 6.76. The van der Waals surface area contributed by atoms with Crippen LogP contribution >= 0.6 is 0 Å². The summed E-state index contributed by atoms with van der Waals surface area (Å²) in [5.74, 6) is 2.15. The molecule has 1 aromatic rings. The number of piperidine rings is 1. The van der Waals surface area contributed by atoms with Gasteiger partial charge in [-0.15, -0.1) is 0 Å². The quantitative estimate of drug-likeness (QED) is 0.842. The van der Waals surface area contributed by atoms with E-state index in [1.807, 2.05) is 6.92 Å². The molecular weight excluding hydrogens is 216 g/mol. The summed E-state index contributed by atoms with van der Waals surface area (Å²) in [5.41, 5.74) is 5.71. The molecule has 1 aliphatic rings. The number of hydrogen-bond acceptors (Lipinski definition) is 5.